The number of hydrazine groups is 1. The Balaban J connectivity index is 1.37. The van der Waals surface area contributed by atoms with Gasteiger partial charge in [-0.15, -0.1) is 0 Å². The number of piperidine rings is 1. The van der Waals surface area contributed by atoms with Crippen molar-refractivity contribution in [1.82, 2.24) is 25.6 Å². The van der Waals surface area contributed by atoms with E-state index in [-0.39, 0.29) is 11.9 Å². The number of hydrogen-bond acceptors (Lipinski definition) is 5. The first-order valence-corrected chi connectivity index (χ1v) is 11.1. The summed E-state index contributed by atoms with van der Waals surface area (Å²) < 4.78 is 0. The zero-order valence-corrected chi connectivity index (χ0v) is 17.1. The Morgan fingerprint density at radius 1 is 1.21 bits per heavy atom. The van der Waals surface area contributed by atoms with Crippen LogP contribution >= 0.6 is 0 Å². The molecule has 2 aliphatic heterocycles. The van der Waals surface area contributed by atoms with Gasteiger partial charge in [0.25, 0.3) is 0 Å². The molecule has 6 nitrogen and oxygen atoms in total. The van der Waals surface area contributed by atoms with Crippen molar-refractivity contribution in [3.63, 3.8) is 0 Å². The van der Waals surface area contributed by atoms with E-state index < -0.39 is 0 Å². The molecule has 1 amide bonds. The summed E-state index contributed by atoms with van der Waals surface area (Å²) in [5.41, 5.74) is 7.49. The van der Waals surface area contributed by atoms with Gasteiger partial charge in [0.2, 0.25) is 5.91 Å². The van der Waals surface area contributed by atoms with Gasteiger partial charge in [0.05, 0.1) is 0 Å². The second-order valence-electron chi connectivity index (χ2n) is 8.98. The molecule has 154 valence electrons. The first-order valence-electron chi connectivity index (χ1n) is 11.1. The van der Waals surface area contributed by atoms with Crippen LogP contribution < -0.4 is 10.9 Å². The number of pyridine rings is 1. The van der Waals surface area contributed by atoms with Gasteiger partial charge in [0.15, 0.2) is 0 Å². The Kier molecular flexibility index (Phi) is 6.60. The van der Waals surface area contributed by atoms with Crippen LogP contribution in [0.3, 0.4) is 0 Å². The fourth-order valence-electron chi connectivity index (χ4n) is 5.12. The SMILES string of the molecule is CC1CC(C(=O)N(Cc2cccnc2)CC2CCN(C3CCCC3)CC2)NN1. The Morgan fingerprint density at radius 2 is 2.00 bits per heavy atom. The summed E-state index contributed by atoms with van der Waals surface area (Å²) in [5.74, 6) is 0.823. The Bertz CT molecular complexity index is 625. The molecular formula is C22H35N5O. The highest BCUT2D eigenvalue weighted by molar-refractivity contribution is 5.82. The van der Waals surface area contributed by atoms with Crippen LogP contribution in [0.1, 0.15) is 57.4 Å². The van der Waals surface area contributed by atoms with E-state index in [1.54, 1.807) is 6.20 Å². The van der Waals surface area contributed by atoms with Crippen molar-refractivity contribution in [1.29, 1.82) is 0 Å². The predicted molar refractivity (Wildman–Crippen MR) is 110 cm³/mol. The van der Waals surface area contributed by atoms with Gasteiger partial charge in [-0.05, 0) is 69.7 Å². The molecule has 2 N–H and O–H groups in total. The van der Waals surface area contributed by atoms with E-state index in [1.165, 1.54) is 51.6 Å². The summed E-state index contributed by atoms with van der Waals surface area (Å²) in [6.07, 6.45) is 12.5. The average molecular weight is 386 g/mol. The monoisotopic (exact) mass is 385 g/mol. The third-order valence-electron chi connectivity index (χ3n) is 6.77. The third-order valence-corrected chi connectivity index (χ3v) is 6.77. The quantitative estimate of drug-likeness (QED) is 0.787. The molecule has 1 saturated carbocycles. The number of hydrogen-bond donors (Lipinski definition) is 2. The summed E-state index contributed by atoms with van der Waals surface area (Å²) >= 11 is 0. The van der Waals surface area contributed by atoms with E-state index in [0.717, 1.165) is 24.6 Å². The Hall–Kier alpha value is -1.50. The number of nitrogens with zero attached hydrogens (tertiary/aromatic N) is 3. The van der Waals surface area contributed by atoms with Crippen molar-refractivity contribution in [2.24, 2.45) is 5.92 Å². The smallest absolute Gasteiger partial charge is 0.241 e. The molecule has 0 spiro atoms. The summed E-state index contributed by atoms with van der Waals surface area (Å²) in [7, 11) is 0. The lowest BCUT2D eigenvalue weighted by Gasteiger charge is -2.38. The van der Waals surface area contributed by atoms with E-state index in [2.05, 4.69) is 38.6 Å². The lowest BCUT2D eigenvalue weighted by atomic mass is 9.94. The lowest BCUT2D eigenvalue weighted by Crippen LogP contribution is -2.48. The zero-order chi connectivity index (χ0) is 19.3. The predicted octanol–water partition coefficient (Wildman–Crippen LogP) is 2.32. The minimum Gasteiger partial charge on any atom is -0.337 e. The topological polar surface area (TPSA) is 60.5 Å². The van der Waals surface area contributed by atoms with E-state index in [9.17, 15) is 4.79 Å². The molecule has 3 fully saturated rings. The third kappa shape index (κ3) is 4.91. The average Bonchev–Trinajstić information content (AvgIpc) is 3.40. The molecule has 1 aromatic heterocycles. The van der Waals surface area contributed by atoms with Gasteiger partial charge in [-0.1, -0.05) is 18.9 Å². The molecule has 6 heteroatoms. The summed E-state index contributed by atoms with van der Waals surface area (Å²) in [4.78, 5) is 22.3. The number of carbonyl (C=O) groups is 1. The highest BCUT2D eigenvalue weighted by Crippen LogP contribution is 2.28. The molecule has 3 aliphatic rings. The maximum absolute atomic E-state index is 13.2. The molecule has 28 heavy (non-hydrogen) atoms. The van der Waals surface area contributed by atoms with Crippen LogP contribution in [0.5, 0.6) is 0 Å². The first-order chi connectivity index (χ1) is 13.7. The largest absolute Gasteiger partial charge is 0.337 e. The molecule has 0 aromatic carbocycles. The second kappa shape index (κ2) is 9.33. The molecule has 3 heterocycles. The van der Waals surface area contributed by atoms with Crippen molar-refractivity contribution in [3.8, 4) is 0 Å². The molecule has 1 aromatic rings. The number of rotatable bonds is 6. The Morgan fingerprint density at radius 3 is 2.64 bits per heavy atom. The minimum atomic E-state index is -0.120. The molecule has 2 unspecified atom stereocenters. The molecule has 4 rings (SSSR count). The highest BCUT2D eigenvalue weighted by atomic mass is 16.2. The zero-order valence-electron chi connectivity index (χ0n) is 17.1. The maximum Gasteiger partial charge on any atom is 0.241 e. The van der Waals surface area contributed by atoms with E-state index in [0.29, 0.717) is 18.5 Å². The molecule has 0 bridgehead atoms. The van der Waals surface area contributed by atoms with Crippen LogP contribution in [0.4, 0.5) is 0 Å². The number of nitrogens with one attached hydrogen (secondary N) is 2. The van der Waals surface area contributed by atoms with Crippen molar-refractivity contribution in [2.75, 3.05) is 19.6 Å². The summed E-state index contributed by atoms with van der Waals surface area (Å²) in [6, 6.07) is 5.06. The van der Waals surface area contributed by atoms with Crippen LogP contribution in [-0.4, -0.2) is 58.5 Å². The molecular weight excluding hydrogens is 350 g/mol. The van der Waals surface area contributed by atoms with E-state index in [1.807, 2.05) is 12.3 Å². The minimum absolute atomic E-state index is 0.120. The van der Waals surface area contributed by atoms with Gasteiger partial charge < -0.3 is 9.80 Å². The molecule has 2 saturated heterocycles. The number of amides is 1. The lowest BCUT2D eigenvalue weighted by molar-refractivity contribution is -0.134. The van der Waals surface area contributed by atoms with Gasteiger partial charge >= 0.3 is 0 Å². The molecule has 0 radical (unpaired) electrons. The van der Waals surface area contributed by atoms with Gasteiger partial charge in [-0.2, -0.15) is 0 Å². The first kappa shape index (κ1) is 19.8. The standard InChI is InChI=1S/C22H35N5O/c1-17-13-21(25-24-17)22(28)27(16-19-5-4-10-23-14-19)15-18-8-11-26(12-9-18)20-6-2-3-7-20/h4-5,10,14,17-18,20-21,24-25H,2-3,6-9,11-13,15-16H2,1H3. The normalized spacial score (nSPS) is 27.3. The molecule has 1 aliphatic carbocycles. The van der Waals surface area contributed by atoms with Crippen LogP contribution in [0.15, 0.2) is 24.5 Å². The van der Waals surface area contributed by atoms with Crippen molar-refractivity contribution < 1.29 is 4.79 Å². The maximum atomic E-state index is 13.2. The summed E-state index contributed by atoms with van der Waals surface area (Å²) in [5, 5.41) is 0. The van der Waals surface area contributed by atoms with Gasteiger partial charge in [0, 0.05) is 37.6 Å². The highest BCUT2D eigenvalue weighted by Gasteiger charge is 2.33. The number of likely N-dealkylation sites (tertiary alicyclic amines) is 1. The van der Waals surface area contributed by atoms with Crippen LogP contribution in [0, 0.1) is 5.92 Å². The van der Waals surface area contributed by atoms with Crippen molar-refractivity contribution in [2.45, 2.75) is 76.5 Å². The van der Waals surface area contributed by atoms with E-state index >= 15 is 0 Å². The second-order valence-corrected chi connectivity index (χ2v) is 8.98. The van der Waals surface area contributed by atoms with Gasteiger partial charge in [-0.3, -0.25) is 15.2 Å². The fourth-order valence-corrected chi connectivity index (χ4v) is 5.12. The van der Waals surface area contributed by atoms with Crippen LogP contribution in [0.25, 0.3) is 0 Å². The Labute approximate surface area is 169 Å². The summed E-state index contributed by atoms with van der Waals surface area (Å²) in [6.45, 7) is 6.03. The number of aromatic nitrogens is 1. The van der Waals surface area contributed by atoms with Gasteiger partial charge in [-0.25, -0.2) is 5.43 Å². The van der Waals surface area contributed by atoms with Crippen molar-refractivity contribution >= 4 is 5.91 Å². The van der Waals surface area contributed by atoms with E-state index in [4.69, 9.17) is 0 Å². The van der Waals surface area contributed by atoms with Crippen molar-refractivity contribution in [3.05, 3.63) is 30.1 Å². The van der Waals surface area contributed by atoms with Crippen LogP contribution in [0.2, 0.25) is 0 Å². The fraction of sp³-hybridized carbons (Fsp3) is 0.727. The van der Waals surface area contributed by atoms with Gasteiger partial charge in [0.1, 0.15) is 6.04 Å². The van der Waals surface area contributed by atoms with Crippen LogP contribution in [-0.2, 0) is 11.3 Å². The molecule has 2 atom stereocenters. The number of carbonyl (C=O) groups excluding carboxylic acids is 1.